The van der Waals surface area contributed by atoms with Crippen molar-refractivity contribution in [1.82, 2.24) is 25.2 Å². The lowest BCUT2D eigenvalue weighted by Crippen LogP contribution is -2.45. The standard InChI is InChI=1S/C21H26ClN5O3/c1-30-12-10-23-19(28)18-14-27(25-24-18)17-3-2-11-26(13-17)20(29)21(8-9-21)15-4-6-16(22)7-5-15/h4-7,14,17H,2-3,8-13H2,1H3,(H,23,28). The molecule has 9 heteroatoms. The number of nitrogens with zero attached hydrogens (tertiary/aromatic N) is 4. The second-order valence-corrected chi connectivity index (χ2v) is 8.41. The number of amides is 2. The van der Waals surface area contributed by atoms with Crippen molar-refractivity contribution in [3.8, 4) is 0 Å². The molecule has 30 heavy (non-hydrogen) atoms. The Morgan fingerprint density at radius 2 is 2.07 bits per heavy atom. The van der Waals surface area contributed by atoms with Gasteiger partial charge in [-0.15, -0.1) is 5.10 Å². The molecule has 1 saturated carbocycles. The molecule has 1 saturated heterocycles. The van der Waals surface area contributed by atoms with Crippen LogP contribution in [0.2, 0.25) is 5.02 Å². The number of ether oxygens (including phenoxy) is 1. The van der Waals surface area contributed by atoms with Gasteiger partial charge in [0.1, 0.15) is 0 Å². The van der Waals surface area contributed by atoms with Crippen LogP contribution in [0.4, 0.5) is 0 Å². The molecule has 8 nitrogen and oxygen atoms in total. The first kappa shape index (κ1) is 20.8. The van der Waals surface area contributed by atoms with Crippen LogP contribution in [0.5, 0.6) is 0 Å². The van der Waals surface area contributed by atoms with E-state index >= 15 is 0 Å². The predicted molar refractivity (Wildman–Crippen MR) is 111 cm³/mol. The van der Waals surface area contributed by atoms with E-state index in [2.05, 4.69) is 15.6 Å². The lowest BCUT2D eigenvalue weighted by Gasteiger charge is -2.35. The molecule has 1 aromatic heterocycles. The Balaban J connectivity index is 1.42. The summed E-state index contributed by atoms with van der Waals surface area (Å²) in [6, 6.07) is 7.62. The van der Waals surface area contributed by atoms with Crippen molar-refractivity contribution in [2.45, 2.75) is 37.1 Å². The summed E-state index contributed by atoms with van der Waals surface area (Å²) in [7, 11) is 1.58. The minimum Gasteiger partial charge on any atom is -0.383 e. The Kier molecular flexibility index (Phi) is 6.06. The van der Waals surface area contributed by atoms with Crippen LogP contribution in [0.3, 0.4) is 0 Å². The summed E-state index contributed by atoms with van der Waals surface area (Å²) in [6.07, 6.45) is 5.18. The van der Waals surface area contributed by atoms with Crippen LogP contribution in [0.25, 0.3) is 0 Å². The van der Waals surface area contributed by atoms with E-state index in [1.807, 2.05) is 29.2 Å². The average molecular weight is 432 g/mol. The van der Waals surface area contributed by atoms with Crippen molar-refractivity contribution in [3.63, 3.8) is 0 Å². The summed E-state index contributed by atoms with van der Waals surface area (Å²) in [5.74, 6) is -0.103. The number of carbonyl (C=O) groups is 2. The van der Waals surface area contributed by atoms with Gasteiger partial charge in [-0.3, -0.25) is 9.59 Å². The van der Waals surface area contributed by atoms with Crippen LogP contribution in [-0.4, -0.2) is 65.1 Å². The van der Waals surface area contributed by atoms with Crippen LogP contribution in [0, 0.1) is 0 Å². The number of carbonyl (C=O) groups excluding carboxylic acids is 2. The molecule has 1 atom stereocenters. The first-order valence-electron chi connectivity index (χ1n) is 10.3. The Labute approximate surface area is 180 Å². The lowest BCUT2D eigenvalue weighted by molar-refractivity contribution is -0.135. The number of aromatic nitrogens is 3. The average Bonchev–Trinajstić information content (AvgIpc) is 3.42. The largest absolute Gasteiger partial charge is 0.383 e. The number of piperidine rings is 1. The molecule has 2 aliphatic rings. The van der Waals surface area contributed by atoms with E-state index in [1.54, 1.807) is 18.0 Å². The Morgan fingerprint density at radius 3 is 2.77 bits per heavy atom. The summed E-state index contributed by atoms with van der Waals surface area (Å²) in [6.45, 7) is 2.17. The maximum Gasteiger partial charge on any atom is 0.273 e. The molecule has 1 unspecified atom stereocenters. The van der Waals surface area contributed by atoms with E-state index < -0.39 is 5.41 Å². The number of benzene rings is 1. The maximum atomic E-state index is 13.4. The van der Waals surface area contributed by atoms with Crippen LogP contribution < -0.4 is 5.32 Å². The molecule has 0 bridgehead atoms. The van der Waals surface area contributed by atoms with E-state index in [-0.39, 0.29) is 23.6 Å². The monoisotopic (exact) mass is 431 g/mol. The summed E-state index contributed by atoms with van der Waals surface area (Å²) >= 11 is 6.01. The highest BCUT2D eigenvalue weighted by Crippen LogP contribution is 2.50. The molecule has 160 valence electrons. The third-order valence-corrected chi connectivity index (χ3v) is 6.20. The lowest BCUT2D eigenvalue weighted by atomic mass is 9.93. The SMILES string of the molecule is COCCNC(=O)c1cn(C2CCCN(C(=O)C3(c4ccc(Cl)cc4)CC3)C2)nn1. The number of hydrogen-bond donors (Lipinski definition) is 1. The molecule has 4 rings (SSSR count). The fourth-order valence-electron chi connectivity index (χ4n) is 4.09. The molecule has 2 amide bonds. The van der Waals surface area contributed by atoms with Crippen molar-refractivity contribution < 1.29 is 14.3 Å². The molecule has 0 spiro atoms. The van der Waals surface area contributed by atoms with E-state index in [9.17, 15) is 9.59 Å². The third-order valence-electron chi connectivity index (χ3n) is 5.95. The number of rotatable bonds is 7. The molecule has 2 heterocycles. The summed E-state index contributed by atoms with van der Waals surface area (Å²) < 4.78 is 6.65. The van der Waals surface area contributed by atoms with E-state index in [0.29, 0.717) is 24.7 Å². The van der Waals surface area contributed by atoms with Crippen molar-refractivity contribution in [2.24, 2.45) is 0 Å². The molecule has 1 N–H and O–H groups in total. The summed E-state index contributed by atoms with van der Waals surface area (Å²) in [5, 5.41) is 11.6. The van der Waals surface area contributed by atoms with Crippen LogP contribution in [-0.2, 0) is 14.9 Å². The van der Waals surface area contributed by atoms with Crippen molar-refractivity contribution in [3.05, 3.63) is 46.7 Å². The zero-order valence-corrected chi connectivity index (χ0v) is 17.8. The smallest absolute Gasteiger partial charge is 0.273 e. The number of nitrogens with one attached hydrogen (secondary N) is 1. The van der Waals surface area contributed by atoms with Crippen LogP contribution in [0.1, 0.15) is 47.8 Å². The van der Waals surface area contributed by atoms with Crippen LogP contribution in [0.15, 0.2) is 30.5 Å². The highest BCUT2D eigenvalue weighted by atomic mass is 35.5. The highest BCUT2D eigenvalue weighted by molar-refractivity contribution is 6.30. The van der Waals surface area contributed by atoms with Gasteiger partial charge in [0.2, 0.25) is 5.91 Å². The minimum absolute atomic E-state index is 0.0109. The number of methoxy groups -OCH3 is 1. The molecular formula is C21H26ClN5O3. The van der Waals surface area contributed by atoms with Gasteiger partial charge in [-0.1, -0.05) is 28.9 Å². The number of halogens is 1. The van der Waals surface area contributed by atoms with Crippen molar-refractivity contribution >= 4 is 23.4 Å². The fourth-order valence-corrected chi connectivity index (χ4v) is 4.22. The molecule has 2 aromatic rings. The second-order valence-electron chi connectivity index (χ2n) is 7.97. The van der Waals surface area contributed by atoms with Gasteiger partial charge in [-0.2, -0.15) is 0 Å². The highest BCUT2D eigenvalue weighted by Gasteiger charge is 2.53. The van der Waals surface area contributed by atoms with Crippen LogP contribution >= 0.6 is 11.6 Å². The summed E-state index contributed by atoms with van der Waals surface area (Å²) in [4.78, 5) is 27.5. The molecule has 1 aromatic carbocycles. The number of hydrogen-bond acceptors (Lipinski definition) is 5. The maximum absolute atomic E-state index is 13.4. The van der Waals surface area contributed by atoms with Gasteiger partial charge >= 0.3 is 0 Å². The molecular weight excluding hydrogens is 406 g/mol. The van der Waals surface area contributed by atoms with E-state index in [0.717, 1.165) is 37.8 Å². The van der Waals surface area contributed by atoms with Gasteiger partial charge < -0.3 is 15.0 Å². The Bertz CT molecular complexity index is 910. The predicted octanol–water partition coefficient (Wildman–Crippen LogP) is 2.20. The Morgan fingerprint density at radius 1 is 1.30 bits per heavy atom. The van der Waals surface area contributed by atoms with Crippen molar-refractivity contribution in [2.75, 3.05) is 33.4 Å². The summed E-state index contributed by atoms with van der Waals surface area (Å²) in [5.41, 5.74) is 0.894. The van der Waals surface area contributed by atoms with Gasteiger partial charge in [0, 0.05) is 31.8 Å². The molecule has 0 radical (unpaired) electrons. The van der Waals surface area contributed by atoms with Gasteiger partial charge in [0.05, 0.1) is 24.3 Å². The van der Waals surface area contributed by atoms with Gasteiger partial charge in [-0.25, -0.2) is 4.68 Å². The van der Waals surface area contributed by atoms with Gasteiger partial charge in [-0.05, 0) is 43.4 Å². The topological polar surface area (TPSA) is 89.4 Å². The number of likely N-dealkylation sites (tertiary alicyclic amines) is 1. The zero-order chi connectivity index (χ0) is 21.1. The molecule has 2 fully saturated rings. The fraction of sp³-hybridized carbons (Fsp3) is 0.524. The van der Waals surface area contributed by atoms with Crippen molar-refractivity contribution in [1.29, 1.82) is 0 Å². The Hall–Kier alpha value is -2.45. The molecule has 1 aliphatic carbocycles. The normalized spacial score (nSPS) is 20.1. The van der Waals surface area contributed by atoms with E-state index in [4.69, 9.17) is 16.3 Å². The first-order chi connectivity index (χ1) is 14.5. The van der Waals surface area contributed by atoms with Gasteiger partial charge in [0.25, 0.3) is 5.91 Å². The second kappa shape index (κ2) is 8.73. The van der Waals surface area contributed by atoms with Gasteiger partial charge in [0.15, 0.2) is 5.69 Å². The first-order valence-corrected chi connectivity index (χ1v) is 10.7. The molecule has 1 aliphatic heterocycles. The quantitative estimate of drug-likeness (QED) is 0.679. The third kappa shape index (κ3) is 4.20. The minimum atomic E-state index is -0.415. The zero-order valence-electron chi connectivity index (χ0n) is 17.0. The van der Waals surface area contributed by atoms with E-state index in [1.165, 1.54) is 0 Å².